The number of esters is 1. The van der Waals surface area contributed by atoms with Crippen LogP contribution in [-0.4, -0.2) is 30.9 Å². The Morgan fingerprint density at radius 3 is 2.49 bits per heavy atom. The molecule has 0 spiro atoms. The number of methoxy groups -OCH3 is 1. The Bertz CT molecular complexity index is 1460. The molecule has 1 aliphatic rings. The molecule has 0 aliphatic carbocycles. The van der Waals surface area contributed by atoms with Gasteiger partial charge in [-0.15, -0.1) is 0 Å². The van der Waals surface area contributed by atoms with E-state index < -0.39 is 12.0 Å². The van der Waals surface area contributed by atoms with Crippen molar-refractivity contribution in [3.8, 4) is 11.5 Å². The first-order valence-electron chi connectivity index (χ1n) is 11.4. The third kappa shape index (κ3) is 4.79. The quantitative estimate of drug-likeness (QED) is 0.472. The largest absolute Gasteiger partial charge is 0.493 e. The van der Waals surface area contributed by atoms with Crippen molar-refractivity contribution in [2.75, 3.05) is 20.3 Å². The van der Waals surface area contributed by atoms with E-state index in [4.69, 9.17) is 14.2 Å². The highest BCUT2D eigenvalue weighted by Gasteiger charge is 2.33. The summed E-state index contributed by atoms with van der Waals surface area (Å²) in [6.07, 6.45) is 1.85. The number of nitrogens with zero attached hydrogens (tertiary/aromatic N) is 2. The Kier molecular flexibility index (Phi) is 7.21. The molecule has 0 saturated heterocycles. The van der Waals surface area contributed by atoms with E-state index in [0.717, 1.165) is 11.1 Å². The van der Waals surface area contributed by atoms with Crippen molar-refractivity contribution >= 4 is 23.4 Å². The van der Waals surface area contributed by atoms with Crippen molar-refractivity contribution in [1.82, 2.24) is 4.57 Å². The van der Waals surface area contributed by atoms with Gasteiger partial charge in [0.25, 0.3) is 5.56 Å². The van der Waals surface area contributed by atoms with Crippen LogP contribution in [0.3, 0.4) is 0 Å². The first-order valence-corrected chi connectivity index (χ1v) is 12.3. The molecule has 2 aromatic carbocycles. The summed E-state index contributed by atoms with van der Waals surface area (Å²) in [5.41, 5.74) is 3.39. The zero-order chi connectivity index (χ0) is 25.1. The molecule has 2 heterocycles. The zero-order valence-electron chi connectivity index (χ0n) is 20.5. The summed E-state index contributed by atoms with van der Waals surface area (Å²) in [5.74, 6) is 0.605. The second-order valence-electron chi connectivity index (χ2n) is 8.06. The Labute approximate surface area is 207 Å². The average molecular weight is 493 g/mol. The van der Waals surface area contributed by atoms with Gasteiger partial charge in [0.1, 0.15) is 0 Å². The topological polar surface area (TPSA) is 79.1 Å². The van der Waals surface area contributed by atoms with Gasteiger partial charge in [0.05, 0.1) is 42.2 Å². The first kappa shape index (κ1) is 24.5. The van der Waals surface area contributed by atoms with Gasteiger partial charge in [0, 0.05) is 0 Å². The summed E-state index contributed by atoms with van der Waals surface area (Å²) in [7, 11) is 1.57. The van der Waals surface area contributed by atoms with Crippen LogP contribution in [0, 0.1) is 6.92 Å². The molecule has 1 aliphatic heterocycles. The maximum atomic E-state index is 13.7. The van der Waals surface area contributed by atoms with Gasteiger partial charge in [-0.2, -0.15) is 0 Å². The summed E-state index contributed by atoms with van der Waals surface area (Å²) in [6.45, 7) is 8.08. The van der Waals surface area contributed by atoms with E-state index >= 15 is 0 Å². The standard InChI is InChI=1S/C27H28N2O5S/c1-6-33-21-15-19(12-13-20(21)32-5)24-23(26(31)34-7-2)17(4)28-27-29(24)25(30)22(35-27)14-18-10-8-16(3)9-11-18/h8-15,24H,6-7H2,1-5H3/b22-14-/t24-/m1/s1. The van der Waals surface area contributed by atoms with Crippen molar-refractivity contribution in [3.05, 3.63) is 90.1 Å². The van der Waals surface area contributed by atoms with Crippen LogP contribution in [-0.2, 0) is 9.53 Å². The van der Waals surface area contributed by atoms with Crippen molar-refractivity contribution in [2.45, 2.75) is 33.7 Å². The molecule has 3 aromatic rings. The summed E-state index contributed by atoms with van der Waals surface area (Å²) in [6, 6.07) is 12.7. The van der Waals surface area contributed by atoms with Crippen LogP contribution in [0.25, 0.3) is 6.08 Å². The normalized spacial score (nSPS) is 15.5. The van der Waals surface area contributed by atoms with E-state index in [1.807, 2.05) is 56.3 Å². The number of benzene rings is 2. The third-order valence-corrected chi connectivity index (χ3v) is 6.68. The van der Waals surface area contributed by atoms with Gasteiger partial charge >= 0.3 is 5.97 Å². The molecule has 4 rings (SSSR count). The fraction of sp³-hybridized carbons (Fsp3) is 0.296. The fourth-order valence-electron chi connectivity index (χ4n) is 4.05. The van der Waals surface area contributed by atoms with Crippen LogP contribution >= 0.6 is 11.3 Å². The zero-order valence-corrected chi connectivity index (χ0v) is 21.3. The minimum absolute atomic E-state index is 0.215. The van der Waals surface area contributed by atoms with Crippen LogP contribution < -0.4 is 24.4 Å². The van der Waals surface area contributed by atoms with Crippen LogP contribution in [0.5, 0.6) is 11.5 Å². The number of aromatic nitrogens is 1. The average Bonchev–Trinajstić information content (AvgIpc) is 3.14. The van der Waals surface area contributed by atoms with E-state index in [2.05, 4.69) is 4.99 Å². The predicted molar refractivity (Wildman–Crippen MR) is 136 cm³/mol. The molecule has 0 amide bonds. The maximum Gasteiger partial charge on any atom is 0.338 e. The van der Waals surface area contributed by atoms with Crippen LogP contribution in [0.4, 0.5) is 0 Å². The fourth-order valence-corrected chi connectivity index (χ4v) is 5.10. The van der Waals surface area contributed by atoms with Gasteiger partial charge < -0.3 is 14.2 Å². The third-order valence-electron chi connectivity index (χ3n) is 5.70. The Balaban J connectivity index is 1.96. The highest BCUT2D eigenvalue weighted by Crippen LogP contribution is 2.36. The van der Waals surface area contributed by atoms with Gasteiger partial charge in [0.2, 0.25) is 0 Å². The summed E-state index contributed by atoms with van der Waals surface area (Å²) < 4.78 is 18.7. The van der Waals surface area contributed by atoms with Crippen LogP contribution in [0.1, 0.15) is 43.5 Å². The molecule has 1 aromatic heterocycles. The molecule has 1 atom stereocenters. The number of rotatable bonds is 7. The molecule has 35 heavy (non-hydrogen) atoms. The minimum atomic E-state index is -0.712. The molecule has 8 heteroatoms. The second kappa shape index (κ2) is 10.3. The molecule has 0 saturated carbocycles. The monoisotopic (exact) mass is 492 g/mol. The molecular formula is C27H28N2O5S. The molecule has 0 unspecified atom stereocenters. The molecule has 0 N–H and O–H groups in total. The van der Waals surface area contributed by atoms with E-state index in [1.165, 1.54) is 11.3 Å². The lowest BCUT2D eigenvalue weighted by molar-refractivity contribution is -0.139. The molecule has 182 valence electrons. The van der Waals surface area contributed by atoms with Crippen molar-refractivity contribution in [1.29, 1.82) is 0 Å². The Morgan fingerprint density at radius 2 is 1.83 bits per heavy atom. The lowest BCUT2D eigenvalue weighted by Gasteiger charge is -2.25. The van der Waals surface area contributed by atoms with E-state index in [-0.39, 0.29) is 12.2 Å². The van der Waals surface area contributed by atoms with Crippen molar-refractivity contribution < 1.29 is 19.0 Å². The number of allylic oxidation sites excluding steroid dienone is 1. The highest BCUT2D eigenvalue weighted by molar-refractivity contribution is 7.07. The van der Waals surface area contributed by atoms with E-state index in [9.17, 15) is 9.59 Å². The number of fused-ring (bicyclic) bond motifs is 1. The summed E-state index contributed by atoms with van der Waals surface area (Å²) >= 11 is 1.30. The van der Waals surface area contributed by atoms with Gasteiger partial charge in [-0.1, -0.05) is 47.2 Å². The number of aryl methyl sites for hydroxylation is 1. The van der Waals surface area contributed by atoms with Crippen molar-refractivity contribution in [3.63, 3.8) is 0 Å². The van der Waals surface area contributed by atoms with Gasteiger partial charge in [-0.05, 0) is 57.0 Å². The smallest absolute Gasteiger partial charge is 0.338 e. The van der Waals surface area contributed by atoms with Crippen molar-refractivity contribution in [2.24, 2.45) is 4.99 Å². The van der Waals surface area contributed by atoms with Crippen LogP contribution in [0.2, 0.25) is 0 Å². The van der Waals surface area contributed by atoms with E-state index in [1.54, 1.807) is 31.6 Å². The Hall–Kier alpha value is -3.65. The number of hydrogen-bond donors (Lipinski definition) is 0. The minimum Gasteiger partial charge on any atom is -0.493 e. The second-order valence-corrected chi connectivity index (χ2v) is 9.07. The lowest BCUT2D eigenvalue weighted by Crippen LogP contribution is -2.40. The number of thiazole rings is 1. The molecule has 7 nitrogen and oxygen atoms in total. The number of carbonyl (C=O) groups is 1. The number of ether oxygens (including phenoxy) is 3. The molecule has 0 fully saturated rings. The summed E-state index contributed by atoms with van der Waals surface area (Å²) in [4.78, 5) is 31.9. The predicted octanol–water partition coefficient (Wildman–Crippen LogP) is 3.51. The molecule has 0 bridgehead atoms. The lowest BCUT2D eigenvalue weighted by atomic mass is 9.95. The number of carbonyl (C=O) groups excluding carboxylic acids is 1. The van der Waals surface area contributed by atoms with Crippen LogP contribution in [0.15, 0.2) is 63.5 Å². The summed E-state index contributed by atoms with van der Waals surface area (Å²) in [5, 5.41) is 0. The van der Waals surface area contributed by atoms with Gasteiger partial charge in [0.15, 0.2) is 16.3 Å². The van der Waals surface area contributed by atoms with Gasteiger partial charge in [-0.3, -0.25) is 9.36 Å². The number of hydrogen-bond acceptors (Lipinski definition) is 7. The maximum absolute atomic E-state index is 13.7. The Morgan fingerprint density at radius 1 is 1.09 bits per heavy atom. The van der Waals surface area contributed by atoms with E-state index in [0.29, 0.717) is 44.3 Å². The van der Waals surface area contributed by atoms with Gasteiger partial charge in [-0.25, -0.2) is 9.79 Å². The first-order chi connectivity index (χ1) is 16.9. The SMILES string of the molecule is CCOC(=O)C1=C(C)N=c2s/c(=C\c3ccc(C)cc3)c(=O)n2[C@@H]1c1ccc(OC)c(OCC)c1. The highest BCUT2D eigenvalue weighted by atomic mass is 32.1. The molecular weight excluding hydrogens is 464 g/mol. The molecule has 0 radical (unpaired) electrons.